The van der Waals surface area contributed by atoms with Crippen LogP contribution in [0.25, 0.3) is 0 Å². The van der Waals surface area contributed by atoms with Crippen LogP contribution >= 0.6 is 15.9 Å². The van der Waals surface area contributed by atoms with Gasteiger partial charge in [-0.15, -0.1) is 0 Å². The Morgan fingerprint density at radius 2 is 2.18 bits per heavy atom. The van der Waals surface area contributed by atoms with E-state index in [4.69, 9.17) is 4.42 Å². The second-order valence-corrected chi connectivity index (χ2v) is 4.58. The molecule has 5 heteroatoms. The van der Waals surface area contributed by atoms with E-state index in [-0.39, 0.29) is 5.82 Å². The summed E-state index contributed by atoms with van der Waals surface area (Å²) in [5.41, 5.74) is 1.55. The summed E-state index contributed by atoms with van der Waals surface area (Å²) in [6, 6.07) is 4.48. The number of hydrogen-bond donors (Lipinski definition) is 1. The number of hydrogen-bond acceptors (Lipinski definition) is 3. The number of halogens is 2. The third-order valence-corrected chi connectivity index (χ3v) is 3.12. The maximum absolute atomic E-state index is 13.0. The van der Waals surface area contributed by atoms with Crippen molar-refractivity contribution < 1.29 is 8.81 Å². The average Bonchev–Trinajstić information content (AvgIpc) is 2.60. The molecule has 1 heterocycles. The van der Waals surface area contributed by atoms with E-state index >= 15 is 0 Å². The van der Waals surface area contributed by atoms with E-state index in [9.17, 15) is 4.39 Å². The topological polar surface area (TPSA) is 38.1 Å². The maximum atomic E-state index is 13.0. The minimum atomic E-state index is -0.282. The number of nitrogens with zero attached hydrogens (tertiary/aromatic N) is 1. The number of aromatic nitrogens is 1. The number of aryl methyl sites for hydroxylation is 2. The van der Waals surface area contributed by atoms with Crippen LogP contribution in [-0.2, 0) is 6.54 Å². The molecule has 2 rings (SSSR count). The molecule has 0 aliphatic heterocycles. The summed E-state index contributed by atoms with van der Waals surface area (Å²) in [5.74, 6) is 1.12. The van der Waals surface area contributed by atoms with Crippen LogP contribution in [0.4, 0.5) is 10.1 Å². The first kappa shape index (κ1) is 12.1. The minimum absolute atomic E-state index is 0.282. The van der Waals surface area contributed by atoms with Gasteiger partial charge in [0.1, 0.15) is 11.6 Å². The lowest BCUT2D eigenvalue weighted by Gasteiger charge is -2.06. The lowest BCUT2D eigenvalue weighted by Crippen LogP contribution is -2.00. The van der Waals surface area contributed by atoms with Crippen LogP contribution in [-0.4, -0.2) is 4.98 Å². The Balaban J connectivity index is 2.09. The Morgan fingerprint density at radius 1 is 1.41 bits per heavy atom. The highest BCUT2D eigenvalue weighted by Crippen LogP contribution is 2.23. The molecule has 0 aliphatic rings. The van der Waals surface area contributed by atoms with Gasteiger partial charge in [-0.3, -0.25) is 0 Å². The summed E-state index contributed by atoms with van der Waals surface area (Å²) in [6.07, 6.45) is 0. The summed E-state index contributed by atoms with van der Waals surface area (Å²) in [4.78, 5) is 4.24. The fraction of sp³-hybridized carbons (Fsp3) is 0.250. The Morgan fingerprint density at radius 3 is 2.82 bits per heavy atom. The molecule has 0 saturated carbocycles. The zero-order chi connectivity index (χ0) is 12.4. The molecule has 1 aromatic heterocycles. The van der Waals surface area contributed by atoms with Crippen LogP contribution < -0.4 is 5.32 Å². The molecule has 3 nitrogen and oxygen atoms in total. The minimum Gasteiger partial charge on any atom is -0.444 e. The van der Waals surface area contributed by atoms with Gasteiger partial charge >= 0.3 is 0 Å². The van der Waals surface area contributed by atoms with Crippen LogP contribution in [0.1, 0.15) is 17.3 Å². The standard InChI is InChI=1S/C12H12BrFN2O/c1-7-8(2)17-12(16-7)6-15-11-5-9(14)3-4-10(11)13/h3-5,15H,6H2,1-2H3. The molecule has 0 aliphatic carbocycles. The lowest BCUT2D eigenvalue weighted by atomic mass is 10.3. The molecule has 0 bridgehead atoms. The monoisotopic (exact) mass is 298 g/mol. The third-order valence-electron chi connectivity index (χ3n) is 2.43. The van der Waals surface area contributed by atoms with Gasteiger partial charge in [-0.2, -0.15) is 0 Å². The SMILES string of the molecule is Cc1nc(CNc2cc(F)ccc2Br)oc1C. The zero-order valence-corrected chi connectivity index (χ0v) is 11.1. The molecular formula is C12H12BrFN2O. The van der Waals surface area contributed by atoms with E-state index in [1.165, 1.54) is 12.1 Å². The zero-order valence-electron chi connectivity index (χ0n) is 9.55. The van der Waals surface area contributed by atoms with E-state index in [1.54, 1.807) is 6.07 Å². The largest absolute Gasteiger partial charge is 0.444 e. The normalized spacial score (nSPS) is 10.6. The van der Waals surface area contributed by atoms with Gasteiger partial charge in [-0.25, -0.2) is 9.37 Å². The van der Waals surface area contributed by atoms with E-state index in [0.29, 0.717) is 18.1 Å². The Labute approximate surface area is 107 Å². The second-order valence-electron chi connectivity index (χ2n) is 3.73. The van der Waals surface area contributed by atoms with Gasteiger partial charge in [0.15, 0.2) is 0 Å². The maximum Gasteiger partial charge on any atom is 0.213 e. The van der Waals surface area contributed by atoms with Crippen molar-refractivity contribution in [3.05, 3.63) is 45.8 Å². The molecule has 0 unspecified atom stereocenters. The summed E-state index contributed by atoms with van der Waals surface area (Å²) < 4.78 is 19.3. The summed E-state index contributed by atoms with van der Waals surface area (Å²) in [7, 11) is 0. The number of rotatable bonds is 3. The predicted molar refractivity (Wildman–Crippen MR) is 67.4 cm³/mol. The highest BCUT2D eigenvalue weighted by molar-refractivity contribution is 9.10. The van der Waals surface area contributed by atoms with Gasteiger partial charge in [0.25, 0.3) is 0 Å². The molecule has 0 spiro atoms. The van der Waals surface area contributed by atoms with Crippen molar-refractivity contribution >= 4 is 21.6 Å². The number of oxazole rings is 1. The van der Waals surface area contributed by atoms with Gasteiger partial charge < -0.3 is 9.73 Å². The molecule has 2 aromatic rings. The first-order valence-corrected chi connectivity index (χ1v) is 5.97. The molecule has 0 amide bonds. The van der Waals surface area contributed by atoms with Gasteiger partial charge in [-0.1, -0.05) is 0 Å². The van der Waals surface area contributed by atoms with E-state index in [1.807, 2.05) is 13.8 Å². The van der Waals surface area contributed by atoms with Crippen LogP contribution in [0.5, 0.6) is 0 Å². The first-order valence-electron chi connectivity index (χ1n) is 5.18. The average molecular weight is 299 g/mol. The third kappa shape index (κ3) is 2.85. The van der Waals surface area contributed by atoms with Gasteiger partial charge in [0.2, 0.25) is 5.89 Å². The second kappa shape index (κ2) is 4.87. The van der Waals surface area contributed by atoms with Crippen LogP contribution in [0, 0.1) is 19.7 Å². The van der Waals surface area contributed by atoms with Crippen LogP contribution in [0.2, 0.25) is 0 Å². The highest BCUT2D eigenvalue weighted by atomic mass is 79.9. The predicted octanol–water partition coefficient (Wildman–Crippen LogP) is 3.81. The molecule has 17 heavy (non-hydrogen) atoms. The molecule has 90 valence electrons. The number of benzene rings is 1. The van der Waals surface area contributed by atoms with Crippen molar-refractivity contribution in [1.82, 2.24) is 4.98 Å². The van der Waals surface area contributed by atoms with Gasteiger partial charge in [0, 0.05) is 4.47 Å². The molecule has 1 N–H and O–H groups in total. The van der Waals surface area contributed by atoms with Crippen molar-refractivity contribution in [2.45, 2.75) is 20.4 Å². The Hall–Kier alpha value is -1.36. The molecule has 0 radical (unpaired) electrons. The van der Waals surface area contributed by atoms with E-state index in [2.05, 4.69) is 26.2 Å². The number of anilines is 1. The molecular weight excluding hydrogens is 287 g/mol. The van der Waals surface area contributed by atoms with Crippen molar-refractivity contribution in [1.29, 1.82) is 0 Å². The van der Waals surface area contributed by atoms with Gasteiger partial charge in [0.05, 0.1) is 17.9 Å². The van der Waals surface area contributed by atoms with Crippen molar-refractivity contribution in [2.75, 3.05) is 5.32 Å². The first-order chi connectivity index (χ1) is 8.06. The molecule has 0 fully saturated rings. The summed E-state index contributed by atoms with van der Waals surface area (Å²) in [6.45, 7) is 4.18. The summed E-state index contributed by atoms with van der Waals surface area (Å²) in [5, 5.41) is 3.07. The van der Waals surface area contributed by atoms with Crippen molar-refractivity contribution in [3.8, 4) is 0 Å². The van der Waals surface area contributed by atoms with Gasteiger partial charge in [-0.05, 0) is 48.0 Å². The van der Waals surface area contributed by atoms with Crippen molar-refractivity contribution in [3.63, 3.8) is 0 Å². The van der Waals surface area contributed by atoms with Crippen molar-refractivity contribution in [2.24, 2.45) is 0 Å². The summed E-state index contributed by atoms with van der Waals surface area (Å²) >= 11 is 3.34. The quantitative estimate of drug-likeness (QED) is 0.936. The number of nitrogens with one attached hydrogen (secondary N) is 1. The lowest BCUT2D eigenvalue weighted by molar-refractivity contribution is 0.478. The van der Waals surface area contributed by atoms with E-state index in [0.717, 1.165) is 15.9 Å². The Kier molecular flexibility index (Phi) is 3.47. The molecule has 0 saturated heterocycles. The highest BCUT2D eigenvalue weighted by Gasteiger charge is 2.06. The fourth-order valence-electron chi connectivity index (χ4n) is 1.42. The fourth-order valence-corrected chi connectivity index (χ4v) is 1.81. The van der Waals surface area contributed by atoms with Crippen LogP contribution in [0.15, 0.2) is 27.1 Å². The molecule has 1 aromatic carbocycles. The van der Waals surface area contributed by atoms with Crippen LogP contribution in [0.3, 0.4) is 0 Å². The Bertz CT molecular complexity index is 520. The molecule has 0 atom stereocenters. The smallest absolute Gasteiger partial charge is 0.213 e. The van der Waals surface area contributed by atoms with E-state index < -0.39 is 0 Å².